The van der Waals surface area contributed by atoms with E-state index in [0.29, 0.717) is 24.4 Å². The zero-order valence-corrected chi connectivity index (χ0v) is 17.2. The standard InChI is InChI=1S/C17H21N8O5P/c26-10-4-13(30-11(10)6-31-29)25-8-22-14-15(25)23-17(24-16(14)28)20-2-1-19-12(27)3-9-5-18-7-21-9/h5,7-8,10-11,13,26H,1-4,6H2,(H,18,21)(H,19,27)(H2,20,23,24,28). The highest BCUT2D eigenvalue weighted by atomic mass is 31.1. The van der Waals surface area contributed by atoms with E-state index in [9.17, 15) is 19.3 Å². The number of amides is 1. The van der Waals surface area contributed by atoms with Crippen LogP contribution < -0.4 is 16.2 Å². The third kappa shape index (κ3) is 4.79. The molecule has 14 heteroatoms. The van der Waals surface area contributed by atoms with Crippen molar-refractivity contribution in [3.63, 3.8) is 0 Å². The molecule has 0 aliphatic carbocycles. The summed E-state index contributed by atoms with van der Waals surface area (Å²) in [4.78, 5) is 42.0. The largest absolute Gasteiger partial charge is 0.390 e. The Morgan fingerprint density at radius 1 is 1.42 bits per heavy atom. The van der Waals surface area contributed by atoms with Gasteiger partial charge >= 0.3 is 0 Å². The Morgan fingerprint density at radius 2 is 2.29 bits per heavy atom. The van der Waals surface area contributed by atoms with Crippen LogP contribution in [0.25, 0.3) is 11.2 Å². The SMILES string of the molecule is O=PCC1OC(n2cnc3c(=O)[nH]c(NCCNC(=O)Cc4cnc[nH]4)nc32)CC1O. The molecule has 4 rings (SSSR count). The van der Waals surface area contributed by atoms with E-state index in [1.54, 1.807) is 10.8 Å². The number of hydrogen-bond acceptors (Lipinski definition) is 9. The monoisotopic (exact) mass is 448 g/mol. The van der Waals surface area contributed by atoms with Gasteiger partial charge in [-0.3, -0.25) is 23.7 Å². The Morgan fingerprint density at radius 3 is 3.06 bits per heavy atom. The van der Waals surface area contributed by atoms with Crippen molar-refractivity contribution in [2.75, 3.05) is 24.6 Å². The van der Waals surface area contributed by atoms with Gasteiger partial charge < -0.3 is 25.5 Å². The summed E-state index contributed by atoms with van der Waals surface area (Å²) in [6.07, 6.45) is 3.26. The Kier molecular flexibility index (Phi) is 6.35. The van der Waals surface area contributed by atoms with Crippen LogP contribution in [-0.4, -0.2) is 72.0 Å². The molecule has 164 valence electrons. The smallest absolute Gasteiger partial charge is 0.280 e. The quantitative estimate of drug-likeness (QED) is 0.214. The van der Waals surface area contributed by atoms with Gasteiger partial charge in [0, 0.05) is 31.4 Å². The molecule has 1 amide bonds. The second kappa shape index (κ2) is 9.33. The molecule has 0 aromatic carbocycles. The molecule has 0 spiro atoms. The molecule has 3 unspecified atom stereocenters. The molecule has 1 saturated heterocycles. The van der Waals surface area contributed by atoms with E-state index < -0.39 is 24.0 Å². The first-order valence-electron chi connectivity index (χ1n) is 9.62. The van der Waals surface area contributed by atoms with E-state index in [2.05, 4.69) is 35.6 Å². The number of anilines is 1. The van der Waals surface area contributed by atoms with Crippen LogP contribution in [0.4, 0.5) is 5.95 Å². The Bertz CT molecular complexity index is 1110. The van der Waals surface area contributed by atoms with E-state index in [1.807, 2.05) is 0 Å². The molecule has 31 heavy (non-hydrogen) atoms. The maximum absolute atomic E-state index is 12.4. The van der Waals surface area contributed by atoms with Crippen molar-refractivity contribution in [1.82, 2.24) is 34.8 Å². The highest BCUT2D eigenvalue weighted by Gasteiger charge is 2.35. The lowest BCUT2D eigenvalue weighted by Gasteiger charge is -2.14. The van der Waals surface area contributed by atoms with E-state index >= 15 is 0 Å². The summed E-state index contributed by atoms with van der Waals surface area (Å²) < 4.78 is 18.2. The van der Waals surface area contributed by atoms with Gasteiger partial charge in [-0.2, -0.15) is 4.98 Å². The second-order valence-electron chi connectivity index (χ2n) is 7.01. The Balaban J connectivity index is 1.39. The van der Waals surface area contributed by atoms with Crippen molar-refractivity contribution in [3.8, 4) is 0 Å². The highest BCUT2D eigenvalue weighted by molar-refractivity contribution is 7.23. The van der Waals surface area contributed by atoms with Crippen LogP contribution in [-0.2, 0) is 20.5 Å². The van der Waals surface area contributed by atoms with E-state index in [1.165, 1.54) is 12.7 Å². The number of nitrogens with zero attached hydrogens (tertiary/aromatic N) is 4. The van der Waals surface area contributed by atoms with E-state index in [-0.39, 0.29) is 44.8 Å². The molecule has 1 aliphatic heterocycles. The summed E-state index contributed by atoms with van der Waals surface area (Å²) in [7, 11) is -0.113. The summed E-state index contributed by atoms with van der Waals surface area (Å²) in [6.45, 7) is 0.655. The van der Waals surface area contributed by atoms with Gasteiger partial charge in [-0.25, -0.2) is 9.97 Å². The fourth-order valence-electron chi connectivity index (χ4n) is 3.34. The molecule has 3 atom stereocenters. The first-order valence-corrected chi connectivity index (χ1v) is 10.6. The Labute approximate surface area is 176 Å². The van der Waals surface area contributed by atoms with Crippen molar-refractivity contribution in [1.29, 1.82) is 0 Å². The van der Waals surface area contributed by atoms with Gasteiger partial charge in [-0.1, -0.05) is 0 Å². The van der Waals surface area contributed by atoms with Crippen LogP contribution in [0.15, 0.2) is 23.6 Å². The molecule has 1 aliphatic rings. The number of nitrogens with one attached hydrogen (secondary N) is 4. The van der Waals surface area contributed by atoms with Crippen LogP contribution in [0.2, 0.25) is 0 Å². The fraction of sp³-hybridized carbons (Fsp3) is 0.471. The average molecular weight is 448 g/mol. The molecule has 3 aromatic rings. The van der Waals surface area contributed by atoms with Gasteiger partial charge in [0.05, 0.1) is 37.4 Å². The maximum Gasteiger partial charge on any atom is 0.280 e. The van der Waals surface area contributed by atoms with Crippen molar-refractivity contribution in [2.45, 2.75) is 31.3 Å². The lowest BCUT2D eigenvalue weighted by atomic mass is 10.2. The summed E-state index contributed by atoms with van der Waals surface area (Å²) in [5.41, 5.74) is 0.725. The van der Waals surface area contributed by atoms with Gasteiger partial charge in [-0.05, 0) is 0 Å². The van der Waals surface area contributed by atoms with Crippen LogP contribution >= 0.6 is 8.46 Å². The molecule has 4 heterocycles. The van der Waals surface area contributed by atoms with Gasteiger partial charge in [0.25, 0.3) is 5.56 Å². The van der Waals surface area contributed by atoms with Gasteiger partial charge in [0.2, 0.25) is 11.9 Å². The van der Waals surface area contributed by atoms with Crippen LogP contribution in [0.3, 0.4) is 0 Å². The Hall–Kier alpha value is -3.15. The molecule has 5 N–H and O–H groups in total. The number of aromatic amines is 2. The minimum atomic E-state index is -0.770. The number of H-pyrrole nitrogens is 2. The predicted octanol–water partition coefficient (Wildman–Crippen LogP) is -0.446. The van der Waals surface area contributed by atoms with Crippen molar-refractivity contribution < 1.29 is 19.2 Å². The minimum absolute atomic E-state index is 0.113. The average Bonchev–Trinajstić information content (AvgIpc) is 3.47. The van der Waals surface area contributed by atoms with E-state index in [0.717, 1.165) is 0 Å². The number of hydrogen-bond donors (Lipinski definition) is 5. The van der Waals surface area contributed by atoms with Gasteiger partial charge in [0.1, 0.15) is 6.23 Å². The van der Waals surface area contributed by atoms with Gasteiger partial charge in [0.15, 0.2) is 19.6 Å². The fourth-order valence-corrected chi connectivity index (χ4v) is 3.82. The second-order valence-corrected chi connectivity index (χ2v) is 7.64. The van der Waals surface area contributed by atoms with Crippen molar-refractivity contribution in [2.24, 2.45) is 0 Å². The van der Waals surface area contributed by atoms with Crippen molar-refractivity contribution in [3.05, 3.63) is 34.9 Å². The molecular formula is C17H21N8O5P. The molecule has 0 bridgehead atoms. The third-order valence-corrected chi connectivity index (χ3v) is 5.36. The molecular weight excluding hydrogens is 427 g/mol. The maximum atomic E-state index is 12.4. The van der Waals surface area contributed by atoms with Crippen LogP contribution in [0, 0.1) is 0 Å². The molecule has 0 radical (unpaired) electrons. The zero-order valence-electron chi connectivity index (χ0n) is 16.3. The summed E-state index contributed by atoms with van der Waals surface area (Å²) in [6, 6.07) is 0. The summed E-state index contributed by atoms with van der Waals surface area (Å²) in [5, 5.41) is 15.8. The van der Waals surface area contributed by atoms with Crippen LogP contribution in [0.5, 0.6) is 0 Å². The number of rotatable bonds is 9. The number of carbonyl (C=O) groups excluding carboxylic acids is 1. The molecule has 0 saturated carbocycles. The predicted molar refractivity (Wildman–Crippen MR) is 109 cm³/mol. The van der Waals surface area contributed by atoms with Gasteiger partial charge in [-0.15, -0.1) is 0 Å². The first kappa shape index (κ1) is 21.1. The number of fused-ring (bicyclic) bond motifs is 1. The number of aromatic nitrogens is 6. The topological polar surface area (TPSA) is 180 Å². The van der Waals surface area contributed by atoms with Crippen LogP contribution in [0.1, 0.15) is 18.3 Å². The number of aliphatic hydroxyl groups excluding tert-OH is 1. The van der Waals surface area contributed by atoms with E-state index in [4.69, 9.17) is 4.74 Å². The highest BCUT2D eigenvalue weighted by Crippen LogP contribution is 2.31. The number of carbonyl (C=O) groups is 1. The van der Waals surface area contributed by atoms with Crippen molar-refractivity contribution >= 4 is 31.5 Å². The minimum Gasteiger partial charge on any atom is -0.390 e. The summed E-state index contributed by atoms with van der Waals surface area (Å²) in [5.74, 6) is 0.0558. The third-order valence-electron chi connectivity index (χ3n) is 4.85. The number of imidazole rings is 2. The lowest BCUT2D eigenvalue weighted by Crippen LogP contribution is -2.30. The zero-order chi connectivity index (χ0) is 21.8. The number of aliphatic hydroxyl groups is 1. The number of ether oxygens (including phenoxy) is 1. The molecule has 13 nitrogen and oxygen atoms in total. The normalized spacial score (nSPS) is 21.0. The summed E-state index contributed by atoms with van der Waals surface area (Å²) >= 11 is 0. The first-order chi connectivity index (χ1) is 15.0. The molecule has 3 aromatic heterocycles. The lowest BCUT2D eigenvalue weighted by molar-refractivity contribution is -0.120. The molecule has 1 fully saturated rings.